The van der Waals surface area contributed by atoms with Gasteiger partial charge in [0.25, 0.3) is 5.56 Å². The van der Waals surface area contributed by atoms with E-state index in [0.717, 1.165) is 16.2 Å². The Morgan fingerprint density at radius 2 is 1.51 bits per heavy atom. The van der Waals surface area contributed by atoms with Gasteiger partial charge in [0.2, 0.25) is 5.88 Å². The largest absolute Gasteiger partial charge is 0.482 e. The fraction of sp³-hybridized carbons (Fsp3) is 0.133. The van der Waals surface area contributed by atoms with Gasteiger partial charge in [0.05, 0.1) is 39.4 Å². The maximum atomic E-state index is 11.4. The van der Waals surface area contributed by atoms with Gasteiger partial charge < -0.3 is 14.2 Å². The number of fused-ring (bicyclic) bond motifs is 2. The first-order valence-electron chi connectivity index (χ1n) is 11.7. The molecule has 2 aromatic heterocycles. The quantitative estimate of drug-likeness (QED) is 0.219. The second kappa shape index (κ2) is 14.2. The number of carbonyl (C=O) groups excluding carboxylic acids is 1. The molecule has 0 saturated carbocycles. The summed E-state index contributed by atoms with van der Waals surface area (Å²) >= 11 is 5.95. The topological polar surface area (TPSA) is 114 Å². The Balaban J connectivity index is 0.000000162. The van der Waals surface area contributed by atoms with Crippen LogP contribution in [0.15, 0.2) is 89.7 Å². The molecule has 0 radical (unpaired) electrons. The molecular weight excluding hydrogens is 518 g/mol. The molecule has 0 amide bonds. The van der Waals surface area contributed by atoms with Crippen LogP contribution in [0, 0.1) is 11.3 Å². The van der Waals surface area contributed by atoms with E-state index in [1.54, 1.807) is 43.5 Å². The van der Waals surface area contributed by atoms with Crippen molar-refractivity contribution in [3.05, 3.63) is 112 Å². The summed E-state index contributed by atoms with van der Waals surface area (Å²) < 4.78 is 14.5. The molecule has 0 aliphatic rings. The van der Waals surface area contributed by atoms with Crippen molar-refractivity contribution in [3.8, 4) is 17.8 Å². The van der Waals surface area contributed by atoms with Crippen LogP contribution in [0.5, 0.6) is 11.8 Å². The van der Waals surface area contributed by atoms with Crippen molar-refractivity contribution in [2.45, 2.75) is 6.42 Å². The van der Waals surface area contributed by atoms with Gasteiger partial charge in [0, 0.05) is 22.9 Å². The molecule has 2 heterocycles. The van der Waals surface area contributed by atoms with Crippen LogP contribution in [-0.2, 0) is 11.2 Å². The van der Waals surface area contributed by atoms with Crippen LogP contribution in [0.2, 0.25) is 5.15 Å². The zero-order chi connectivity index (χ0) is 28.2. The molecule has 9 heteroatoms. The predicted octanol–water partition coefficient (Wildman–Crippen LogP) is 5.97. The molecule has 5 rings (SSSR count). The van der Waals surface area contributed by atoms with Crippen LogP contribution >= 0.6 is 11.6 Å². The van der Waals surface area contributed by atoms with E-state index in [1.165, 1.54) is 14.2 Å². The molecule has 3 aromatic carbocycles. The molecule has 0 bridgehead atoms. The Labute approximate surface area is 230 Å². The smallest absolute Gasteiger partial charge is 0.338 e. The molecule has 39 heavy (non-hydrogen) atoms. The lowest BCUT2D eigenvalue weighted by atomic mass is 10.1. The zero-order valence-corrected chi connectivity index (χ0v) is 22.4. The number of benzene rings is 3. The number of nitriles is 1. The number of aromatic amines is 1. The Morgan fingerprint density at radius 3 is 2.15 bits per heavy atom. The number of ether oxygens (including phenoxy) is 3. The molecule has 8 nitrogen and oxygen atoms in total. The third kappa shape index (κ3) is 7.57. The maximum absolute atomic E-state index is 11.4. The molecule has 0 aliphatic carbocycles. The van der Waals surface area contributed by atoms with Gasteiger partial charge >= 0.3 is 5.97 Å². The van der Waals surface area contributed by atoms with Gasteiger partial charge in [-0.3, -0.25) is 9.78 Å². The average Bonchev–Trinajstić information content (AvgIpc) is 2.98. The first-order chi connectivity index (χ1) is 18.9. The number of halogens is 1. The van der Waals surface area contributed by atoms with Crippen molar-refractivity contribution in [1.29, 1.82) is 5.26 Å². The molecule has 1 N–H and O–H groups in total. The van der Waals surface area contributed by atoms with Crippen LogP contribution in [0.4, 0.5) is 0 Å². The SMILES string of the molecule is COC(=O)c1ccccc1CC#N.COc1cc2ccccc2c(=O)[nH]1.COc1cc2ccccc2c(Cl)n1. The third-order valence-corrected chi connectivity index (χ3v) is 5.81. The summed E-state index contributed by atoms with van der Waals surface area (Å²) in [5.74, 6) is 0.637. The van der Waals surface area contributed by atoms with Gasteiger partial charge in [0.15, 0.2) is 5.88 Å². The molecule has 0 atom stereocenters. The number of nitrogens with zero attached hydrogens (tertiary/aromatic N) is 2. The maximum Gasteiger partial charge on any atom is 0.338 e. The molecule has 0 unspecified atom stereocenters. The van der Waals surface area contributed by atoms with Crippen LogP contribution in [0.3, 0.4) is 0 Å². The van der Waals surface area contributed by atoms with E-state index >= 15 is 0 Å². The lowest BCUT2D eigenvalue weighted by Gasteiger charge is -2.02. The molecule has 198 valence electrons. The van der Waals surface area contributed by atoms with Gasteiger partial charge in [-0.1, -0.05) is 72.3 Å². The molecule has 0 spiro atoms. The van der Waals surface area contributed by atoms with E-state index in [-0.39, 0.29) is 12.0 Å². The first-order valence-corrected chi connectivity index (χ1v) is 12.1. The fourth-order valence-corrected chi connectivity index (χ4v) is 3.86. The number of hydrogen-bond acceptors (Lipinski definition) is 7. The minimum Gasteiger partial charge on any atom is -0.482 e. The second-order valence-electron chi connectivity index (χ2n) is 7.91. The Morgan fingerprint density at radius 1 is 0.897 bits per heavy atom. The third-order valence-electron chi connectivity index (χ3n) is 5.52. The van der Waals surface area contributed by atoms with E-state index in [2.05, 4.69) is 14.7 Å². The fourth-order valence-electron chi connectivity index (χ4n) is 3.60. The van der Waals surface area contributed by atoms with Crippen LogP contribution < -0.4 is 15.0 Å². The van der Waals surface area contributed by atoms with E-state index in [9.17, 15) is 9.59 Å². The molecule has 5 aromatic rings. The highest BCUT2D eigenvalue weighted by Crippen LogP contribution is 2.25. The van der Waals surface area contributed by atoms with Crippen LogP contribution in [0.25, 0.3) is 21.5 Å². The van der Waals surface area contributed by atoms with E-state index < -0.39 is 5.97 Å². The van der Waals surface area contributed by atoms with Gasteiger partial charge in [-0.05, 0) is 28.5 Å². The van der Waals surface area contributed by atoms with E-state index in [0.29, 0.717) is 33.4 Å². The summed E-state index contributed by atoms with van der Waals surface area (Å²) in [7, 11) is 4.43. The summed E-state index contributed by atoms with van der Waals surface area (Å²) in [6.45, 7) is 0. The van der Waals surface area contributed by atoms with Gasteiger partial charge in [-0.25, -0.2) is 9.78 Å². The van der Waals surface area contributed by atoms with Crippen molar-refractivity contribution < 1.29 is 19.0 Å². The Kier molecular flexibility index (Phi) is 10.4. The molecule has 0 aliphatic heterocycles. The van der Waals surface area contributed by atoms with Crippen LogP contribution in [-0.4, -0.2) is 37.3 Å². The summed E-state index contributed by atoms with van der Waals surface area (Å²) in [6, 6.07) is 27.8. The highest BCUT2D eigenvalue weighted by atomic mass is 35.5. The monoisotopic (exact) mass is 543 g/mol. The van der Waals surface area contributed by atoms with Crippen molar-refractivity contribution >= 4 is 39.1 Å². The predicted molar refractivity (Wildman–Crippen MR) is 152 cm³/mol. The highest BCUT2D eigenvalue weighted by Gasteiger charge is 2.09. The molecular formula is C30H26ClN3O5. The summed E-state index contributed by atoms with van der Waals surface area (Å²) in [4.78, 5) is 29.3. The number of nitrogens with one attached hydrogen (secondary N) is 1. The van der Waals surface area contributed by atoms with Gasteiger partial charge in [-0.2, -0.15) is 5.26 Å². The van der Waals surface area contributed by atoms with Crippen molar-refractivity contribution in [2.75, 3.05) is 21.3 Å². The Bertz CT molecular complexity index is 1680. The Hall–Kier alpha value is -4.87. The first kappa shape index (κ1) is 28.7. The zero-order valence-electron chi connectivity index (χ0n) is 21.6. The van der Waals surface area contributed by atoms with Crippen molar-refractivity contribution in [1.82, 2.24) is 9.97 Å². The average molecular weight is 544 g/mol. The summed E-state index contributed by atoms with van der Waals surface area (Å²) in [6.07, 6.45) is 0.227. The normalized spacial score (nSPS) is 9.82. The summed E-state index contributed by atoms with van der Waals surface area (Å²) in [5.41, 5.74) is 1.05. The number of methoxy groups -OCH3 is 3. The second-order valence-corrected chi connectivity index (χ2v) is 8.27. The minimum absolute atomic E-state index is 0.116. The number of esters is 1. The highest BCUT2D eigenvalue weighted by molar-refractivity contribution is 6.34. The molecule has 0 saturated heterocycles. The van der Waals surface area contributed by atoms with Crippen LogP contribution in [0.1, 0.15) is 15.9 Å². The summed E-state index contributed by atoms with van der Waals surface area (Å²) in [5, 5.41) is 12.5. The van der Waals surface area contributed by atoms with Crippen molar-refractivity contribution in [2.24, 2.45) is 0 Å². The number of H-pyrrole nitrogens is 1. The number of aromatic nitrogens is 2. The number of rotatable bonds is 4. The number of pyridine rings is 2. The van der Waals surface area contributed by atoms with E-state index in [1.807, 2.05) is 54.6 Å². The van der Waals surface area contributed by atoms with Gasteiger partial charge in [-0.15, -0.1) is 0 Å². The van der Waals surface area contributed by atoms with Crippen molar-refractivity contribution in [3.63, 3.8) is 0 Å². The molecule has 0 fully saturated rings. The number of hydrogen-bond donors (Lipinski definition) is 1. The van der Waals surface area contributed by atoms with Gasteiger partial charge in [0.1, 0.15) is 5.15 Å². The lowest BCUT2D eigenvalue weighted by molar-refractivity contribution is 0.0599. The lowest BCUT2D eigenvalue weighted by Crippen LogP contribution is -2.06. The minimum atomic E-state index is -0.397. The standard InChI is InChI=1S/C10H8ClNO.2C10H9NO2/c1-13-9-6-7-4-2-3-5-8(7)10(11)12-9;1-13-9-6-7-4-2-3-5-8(7)10(12)11-9;1-13-10(12)9-5-3-2-4-8(9)6-7-11/h2-6H,1H3;2-6H,1H3,(H,11,12);2-5H,6H2,1H3. The number of carbonyl (C=O) groups is 1. The van der Waals surface area contributed by atoms with E-state index in [4.69, 9.17) is 26.3 Å².